The summed E-state index contributed by atoms with van der Waals surface area (Å²) in [4.78, 5) is 39.4. The number of imidazole rings is 1. The van der Waals surface area contributed by atoms with E-state index >= 15 is 0 Å². The minimum Gasteiger partial charge on any atom is -0.466 e. The standard InChI is InChI=1S/C23H30N2O9/c1-12(8-18(26)29-4)7-16-21-20(33-23(28)34-21)15(10-30-16)9-17-19(32-17)13(2)14(3)31-22(27)25-6-5-24-11-25/h5-6,8,11,13-17,19-21H,7,9-10H2,1-4H3/b12-8+/t13-,14-,15-,16-,17-,19-,20+,21-/m0/s1. The van der Waals surface area contributed by atoms with Gasteiger partial charge in [0.1, 0.15) is 18.5 Å². The molecule has 0 aromatic carbocycles. The fourth-order valence-electron chi connectivity index (χ4n) is 4.56. The molecule has 0 unspecified atom stereocenters. The van der Waals surface area contributed by atoms with Gasteiger partial charge in [-0.15, -0.1) is 0 Å². The Balaban J connectivity index is 1.30. The van der Waals surface area contributed by atoms with Crippen LogP contribution >= 0.6 is 0 Å². The highest BCUT2D eigenvalue weighted by molar-refractivity contribution is 5.82. The van der Waals surface area contributed by atoms with Gasteiger partial charge in [0.15, 0.2) is 12.2 Å². The van der Waals surface area contributed by atoms with Crippen LogP contribution in [0, 0.1) is 11.8 Å². The van der Waals surface area contributed by atoms with Crippen LogP contribution in [0.1, 0.15) is 33.6 Å². The van der Waals surface area contributed by atoms with Gasteiger partial charge >= 0.3 is 18.2 Å². The number of esters is 1. The van der Waals surface area contributed by atoms with Crippen molar-refractivity contribution in [2.75, 3.05) is 13.7 Å². The van der Waals surface area contributed by atoms with E-state index in [0.29, 0.717) is 19.4 Å². The van der Waals surface area contributed by atoms with Crippen LogP contribution in [-0.2, 0) is 33.2 Å². The number of hydrogen-bond acceptors (Lipinski definition) is 10. The van der Waals surface area contributed by atoms with Crippen molar-refractivity contribution < 1.29 is 42.8 Å². The van der Waals surface area contributed by atoms with E-state index in [2.05, 4.69) is 9.72 Å². The topological polar surface area (TPSA) is 128 Å². The van der Waals surface area contributed by atoms with Crippen molar-refractivity contribution in [2.24, 2.45) is 11.8 Å². The summed E-state index contributed by atoms with van der Waals surface area (Å²) in [6.07, 6.45) is 3.74. The predicted octanol–water partition coefficient (Wildman–Crippen LogP) is 2.48. The summed E-state index contributed by atoms with van der Waals surface area (Å²) in [6, 6.07) is 0. The highest BCUT2D eigenvalue weighted by atomic mass is 16.8. The van der Waals surface area contributed by atoms with E-state index in [1.54, 1.807) is 6.92 Å². The summed E-state index contributed by atoms with van der Waals surface area (Å²) in [5.74, 6) is -0.569. The number of carbonyl (C=O) groups excluding carboxylic acids is 3. The lowest BCUT2D eigenvalue weighted by molar-refractivity contribution is -0.135. The van der Waals surface area contributed by atoms with Crippen molar-refractivity contribution in [3.63, 3.8) is 0 Å². The first kappa shape index (κ1) is 24.2. The molecule has 186 valence electrons. The van der Waals surface area contributed by atoms with Crippen molar-refractivity contribution in [3.05, 3.63) is 30.4 Å². The SMILES string of the molecule is COC(=O)/C=C(\C)C[C@@H]1OC[C@H](C[C@@H]2O[C@H]2[C@@H](C)[C@H](C)OC(=O)n2ccnc2)[C@H]2OC(=O)O[C@H]21. The molecule has 3 aliphatic rings. The Morgan fingerprint density at radius 2 is 2.03 bits per heavy atom. The smallest absolute Gasteiger partial charge is 0.466 e. The number of hydrogen-bond donors (Lipinski definition) is 0. The molecule has 4 rings (SSSR count). The van der Waals surface area contributed by atoms with Gasteiger partial charge in [-0.1, -0.05) is 12.5 Å². The molecule has 0 saturated carbocycles. The third kappa shape index (κ3) is 5.41. The summed E-state index contributed by atoms with van der Waals surface area (Å²) < 4.78 is 34.2. The first-order valence-corrected chi connectivity index (χ1v) is 11.3. The van der Waals surface area contributed by atoms with Crippen LogP contribution in [0.25, 0.3) is 0 Å². The second-order valence-corrected chi connectivity index (χ2v) is 9.06. The summed E-state index contributed by atoms with van der Waals surface area (Å²) in [7, 11) is 1.31. The molecule has 0 bridgehead atoms. The van der Waals surface area contributed by atoms with Crippen molar-refractivity contribution in [2.45, 2.75) is 70.2 Å². The number of epoxide rings is 1. The van der Waals surface area contributed by atoms with Crippen LogP contribution in [0.3, 0.4) is 0 Å². The second kappa shape index (κ2) is 10.1. The molecule has 0 aliphatic carbocycles. The number of methoxy groups -OCH3 is 1. The molecule has 11 heteroatoms. The molecule has 1 aromatic heterocycles. The molecule has 1 aromatic rings. The summed E-state index contributed by atoms with van der Waals surface area (Å²) in [5.41, 5.74) is 0.760. The first-order chi connectivity index (χ1) is 16.3. The number of nitrogens with zero attached hydrogens (tertiary/aromatic N) is 2. The van der Waals surface area contributed by atoms with Gasteiger partial charge in [0.25, 0.3) is 0 Å². The van der Waals surface area contributed by atoms with E-state index < -0.39 is 36.5 Å². The monoisotopic (exact) mass is 478 g/mol. The van der Waals surface area contributed by atoms with Crippen molar-refractivity contribution >= 4 is 18.2 Å². The van der Waals surface area contributed by atoms with Crippen molar-refractivity contribution in [1.82, 2.24) is 9.55 Å². The highest BCUT2D eigenvalue weighted by Gasteiger charge is 2.54. The third-order valence-corrected chi connectivity index (χ3v) is 6.65. The average molecular weight is 478 g/mol. The normalized spacial score (nSPS) is 32.1. The van der Waals surface area contributed by atoms with Crippen LogP contribution in [0.5, 0.6) is 0 Å². The maximum absolute atomic E-state index is 12.2. The zero-order valence-corrected chi connectivity index (χ0v) is 19.6. The first-order valence-electron chi connectivity index (χ1n) is 11.3. The lowest BCUT2D eigenvalue weighted by atomic mass is 9.85. The maximum atomic E-state index is 12.2. The molecule has 0 amide bonds. The van der Waals surface area contributed by atoms with E-state index in [1.807, 2.05) is 13.8 Å². The zero-order chi connectivity index (χ0) is 24.4. The summed E-state index contributed by atoms with van der Waals surface area (Å²) in [6.45, 7) is 5.98. The molecule has 3 fully saturated rings. The summed E-state index contributed by atoms with van der Waals surface area (Å²) >= 11 is 0. The molecule has 8 atom stereocenters. The Hall–Kier alpha value is -2.92. The van der Waals surface area contributed by atoms with Crippen LogP contribution < -0.4 is 0 Å². The lowest BCUT2D eigenvalue weighted by Gasteiger charge is -2.36. The van der Waals surface area contributed by atoms with Gasteiger partial charge in [-0.3, -0.25) is 0 Å². The number of carbonyl (C=O) groups is 3. The van der Waals surface area contributed by atoms with Gasteiger partial charge < -0.3 is 28.4 Å². The van der Waals surface area contributed by atoms with Gasteiger partial charge in [-0.05, 0) is 26.7 Å². The van der Waals surface area contributed by atoms with E-state index in [0.717, 1.165) is 5.57 Å². The quantitative estimate of drug-likeness (QED) is 0.238. The van der Waals surface area contributed by atoms with Gasteiger partial charge in [-0.2, -0.15) is 0 Å². The molecule has 3 aliphatic heterocycles. The minimum atomic E-state index is -0.716. The van der Waals surface area contributed by atoms with E-state index in [9.17, 15) is 14.4 Å². The Labute approximate surface area is 197 Å². The number of aromatic nitrogens is 2. The van der Waals surface area contributed by atoms with Crippen molar-refractivity contribution in [3.8, 4) is 0 Å². The van der Waals surface area contributed by atoms with Gasteiger partial charge in [0.2, 0.25) is 0 Å². The molecule has 0 N–H and O–H groups in total. The predicted molar refractivity (Wildman–Crippen MR) is 115 cm³/mol. The molecule has 4 heterocycles. The Bertz CT molecular complexity index is 931. The molecular formula is C23H30N2O9. The number of fused-ring (bicyclic) bond motifs is 1. The number of rotatable bonds is 8. The number of ether oxygens (including phenoxy) is 6. The minimum absolute atomic E-state index is 0.0287. The third-order valence-electron chi connectivity index (χ3n) is 6.65. The average Bonchev–Trinajstić information content (AvgIpc) is 3.17. The Morgan fingerprint density at radius 1 is 1.26 bits per heavy atom. The second-order valence-electron chi connectivity index (χ2n) is 9.06. The highest BCUT2D eigenvalue weighted by Crippen LogP contribution is 2.41. The molecular weight excluding hydrogens is 448 g/mol. The van der Waals surface area contributed by atoms with E-state index in [4.69, 9.17) is 23.7 Å². The fraction of sp³-hybridized carbons (Fsp3) is 0.652. The van der Waals surface area contributed by atoms with Crippen LogP contribution in [0.2, 0.25) is 0 Å². The maximum Gasteiger partial charge on any atom is 0.509 e. The van der Waals surface area contributed by atoms with Gasteiger partial charge in [-0.25, -0.2) is 23.9 Å². The largest absolute Gasteiger partial charge is 0.509 e. The Morgan fingerprint density at radius 3 is 2.74 bits per heavy atom. The van der Waals surface area contributed by atoms with E-state index in [1.165, 1.54) is 36.5 Å². The van der Waals surface area contributed by atoms with Crippen LogP contribution in [0.4, 0.5) is 9.59 Å². The molecule has 0 radical (unpaired) electrons. The van der Waals surface area contributed by atoms with Gasteiger partial charge in [0, 0.05) is 30.3 Å². The van der Waals surface area contributed by atoms with Crippen LogP contribution in [0.15, 0.2) is 30.4 Å². The van der Waals surface area contributed by atoms with Crippen LogP contribution in [-0.4, -0.2) is 78.1 Å². The van der Waals surface area contributed by atoms with Crippen molar-refractivity contribution in [1.29, 1.82) is 0 Å². The molecule has 0 spiro atoms. The molecule has 34 heavy (non-hydrogen) atoms. The van der Waals surface area contributed by atoms with E-state index in [-0.39, 0.29) is 30.1 Å². The molecule has 11 nitrogen and oxygen atoms in total. The zero-order valence-electron chi connectivity index (χ0n) is 19.6. The molecule has 3 saturated heterocycles. The van der Waals surface area contributed by atoms with Gasteiger partial charge in [0.05, 0.1) is 25.9 Å². The Kier molecular flexibility index (Phi) is 7.22. The lowest BCUT2D eigenvalue weighted by Crippen LogP contribution is -2.48. The fourth-order valence-corrected chi connectivity index (χ4v) is 4.56. The summed E-state index contributed by atoms with van der Waals surface area (Å²) in [5, 5.41) is 0.